The van der Waals surface area contributed by atoms with Gasteiger partial charge in [-0.15, -0.1) is 0 Å². The fourth-order valence-electron chi connectivity index (χ4n) is 1.20. The summed E-state index contributed by atoms with van der Waals surface area (Å²) in [5.74, 6) is -2.36. The van der Waals surface area contributed by atoms with Crippen LogP contribution in [-0.4, -0.2) is 28.9 Å². The number of amides is 2. The molecule has 0 saturated heterocycles. The Morgan fingerprint density at radius 1 is 1.31 bits per heavy atom. The minimum absolute atomic E-state index is 0.274. The molecule has 0 aliphatic heterocycles. The van der Waals surface area contributed by atoms with E-state index >= 15 is 0 Å². The van der Waals surface area contributed by atoms with E-state index in [1.807, 2.05) is 6.92 Å². The second kappa shape index (κ2) is 7.67. The zero-order chi connectivity index (χ0) is 12.6. The van der Waals surface area contributed by atoms with Crippen molar-refractivity contribution in [2.24, 2.45) is 5.73 Å². The highest BCUT2D eigenvalue weighted by Gasteiger charge is 2.21. The zero-order valence-electron chi connectivity index (χ0n) is 9.36. The molecule has 0 aliphatic rings. The molecule has 2 amide bonds. The lowest BCUT2D eigenvalue weighted by Gasteiger charge is -2.12. The van der Waals surface area contributed by atoms with Gasteiger partial charge in [-0.1, -0.05) is 19.8 Å². The number of hydrogen-bond donors (Lipinski definition) is 3. The van der Waals surface area contributed by atoms with Crippen LogP contribution in [0.15, 0.2) is 0 Å². The Balaban J connectivity index is 4.03. The first-order chi connectivity index (χ1) is 7.47. The van der Waals surface area contributed by atoms with E-state index in [0.717, 1.165) is 12.8 Å². The highest BCUT2D eigenvalue weighted by Crippen LogP contribution is 2.00. The van der Waals surface area contributed by atoms with Crippen molar-refractivity contribution in [1.82, 2.24) is 5.32 Å². The molecule has 6 nitrogen and oxygen atoms in total. The second-order valence-electron chi connectivity index (χ2n) is 3.59. The molecule has 0 aromatic heterocycles. The van der Waals surface area contributed by atoms with Gasteiger partial charge in [0.05, 0.1) is 6.42 Å². The normalized spacial score (nSPS) is 11.8. The van der Waals surface area contributed by atoms with Crippen molar-refractivity contribution in [3.05, 3.63) is 0 Å². The van der Waals surface area contributed by atoms with Gasteiger partial charge in [0.1, 0.15) is 6.04 Å². The largest absolute Gasteiger partial charge is 0.480 e. The van der Waals surface area contributed by atoms with Crippen molar-refractivity contribution in [1.29, 1.82) is 0 Å². The van der Waals surface area contributed by atoms with Crippen molar-refractivity contribution in [3.63, 3.8) is 0 Å². The maximum absolute atomic E-state index is 11.3. The van der Waals surface area contributed by atoms with Crippen molar-refractivity contribution in [2.45, 2.75) is 45.1 Å². The molecule has 16 heavy (non-hydrogen) atoms. The number of carboxylic acids is 1. The Labute approximate surface area is 94.2 Å². The average molecular weight is 230 g/mol. The van der Waals surface area contributed by atoms with Crippen LogP contribution in [0.1, 0.15) is 39.0 Å². The number of nitrogens with one attached hydrogen (secondary N) is 1. The predicted molar refractivity (Wildman–Crippen MR) is 57.5 cm³/mol. The van der Waals surface area contributed by atoms with E-state index in [4.69, 9.17) is 10.8 Å². The lowest BCUT2D eigenvalue weighted by Crippen LogP contribution is -2.43. The Hall–Kier alpha value is -1.59. The number of nitrogens with two attached hydrogens (primary N) is 1. The first-order valence-electron chi connectivity index (χ1n) is 5.27. The van der Waals surface area contributed by atoms with Crippen molar-refractivity contribution in [2.75, 3.05) is 0 Å². The fourth-order valence-corrected chi connectivity index (χ4v) is 1.20. The maximum atomic E-state index is 11.3. The van der Waals surface area contributed by atoms with Crippen LogP contribution in [0.3, 0.4) is 0 Å². The maximum Gasteiger partial charge on any atom is 0.326 e. The molecule has 92 valence electrons. The van der Waals surface area contributed by atoms with Gasteiger partial charge in [-0.2, -0.15) is 0 Å². The van der Waals surface area contributed by atoms with E-state index in [-0.39, 0.29) is 18.7 Å². The summed E-state index contributed by atoms with van der Waals surface area (Å²) in [6, 6.07) is -1.22. The number of carboxylic acid groups (broad SMARTS) is 1. The van der Waals surface area contributed by atoms with Gasteiger partial charge in [0.2, 0.25) is 11.8 Å². The summed E-state index contributed by atoms with van der Waals surface area (Å²) in [6.45, 7) is 2.01. The molecule has 0 spiro atoms. The molecule has 0 rings (SSSR count). The van der Waals surface area contributed by atoms with Crippen LogP contribution in [0.5, 0.6) is 0 Å². The standard InChI is InChI=1S/C10H18N2O4/c1-2-3-4-5-9(14)12-7(10(15)16)6-8(11)13/h7H,2-6H2,1H3,(H2,11,13)(H,12,14)(H,15,16)/t7-/m1/s1. The number of primary amides is 1. The summed E-state index contributed by atoms with van der Waals surface area (Å²) < 4.78 is 0. The molecule has 6 heteroatoms. The highest BCUT2D eigenvalue weighted by molar-refractivity contribution is 5.88. The van der Waals surface area contributed by atoms with Crippen LogP contribution in [0.25, 0.3) is 0 Å². The third kappa shape index (κ3) is 6.80. The van der Waals surface area contributed by atoms with E-state index in [0.29, 0.717) is 6.42 Å². The Morgan fingerprint density at radius 2 is 1.94 bits per heavy atom. The van der Waals surface area contributed by atoms with Crippen LogP contribution in [0, 0.1) is 0 Å². The van der Waals surface area contributed by atoms with Crippen LogP contribution >= 0.6 is 0 Å². The molecule has 0 bridgehead atoms. The van der Waals surface area contributed by atoms with Gasteiger partial charge in [0, 0.05) is 6.42 Å². The molecule has 0 fully saturated rings. The number of rotatable bonds is 8. The minimum Gasteiger partial charge on any atom is -0.480 e. The molecular weight excluding hydrogens is 212 g/mol. The molecule has 0 aromatic carbocycles. The van der Waals surface area contributed by atoms with Gasteiger partial charge in [-0.25, -0.2) is 4.79 Å². The molecule has 0 aromatic rings. The van der Waals surface area contributed by atoms with E-state index in [1.165, 1.54) is 0 Å². The zero-order valence-corrected chi connectivity index (χ0v) is 9.36. The molecule has 4 N–H and O–H groups in total. The monoisotopic (exact) mass is 230 g/mol. The summed E-state index contributed by atoms with van der Waals surface area (Å²) in [5, 5.41) is 11.0. The fraction of sp³-hybridized carbons (Fsp3) is 0.700. The van der Waals surface area contributed by atoms with E-state index in [9.17, 15) is 14.4 Å². The Bertz CT molecular complexity index is 266. The third-order valence-corrected chi connectivity index (χ3v) is 2.05. The van der Waals surface area contributed by atoms with Crippen LogP contribution in [0.4, 0.5) is 0 Å². The lowest BCUT2D eigenvalue weighted by molar-refractivity contribution is -0.143. The summed E-state index contributed by atoms with van der Waals surface area (Å²) >= 11 is 0. The van der Waals surface area contributed by atoms with E-state index < -0.39 is 17.9 Å². The topological polar surface area (TPSA) is 109 Å². The van der Waals surface area contributed by atoms with Crippen molar-refractivity contribution >= 4 is 17.8 Å². The molecule has 0 radical (unpaired) electrons. The van der Waals surface area contributed by atoms with Crippen LogP contribution in [-0.2, 0) is 14.4 Å². The number of carbonyl (C=O) groups excluding carboxylic acids is 2. The van der Waals surface area contributed by atoms with Gasteiger partial charge in [0.15, 0.2) is 0 Å². The molecule has 1 atom stereocenters. The van der Waals surface area contributed by atoms with Crippen LogP contribution in [0.2, 0.25) is 0 Å². The number of unbranched alkanes of at least 4 members (excludes halogenated alkanes) is 2. The smallest absolute Gasteiger partial charge is 0.326 e. The van der Waals surface area contributed by atoms with Gasteiger partial charge in [-0.05, 0) is 6.42 Å². The molecule has 0 unspecified atom stereocenters. The van der Waals surface area contributed by atoms with Gasteiger partial charge >= 0.3 is 5.97 Å². The summed E-state index contributed by atoms with van der Waals surface area (Å²) in [7, 11) is 0. The van der Waals surface area contributed by atoms with Gasteiger partial charge < -0.3 is 16.2 Å². The van der Waals surface area contributed by atoms with Crippen molar-refractivity contribution in [3.8, 4) is 0 Å². The van der Waals surface area contributed by atoms with Crippen molar-refractivity contribution < 1.29 is 19.5 Å². The van der Waals surface area contributed by atoms with Gasteiger partial charge in [-0.3, -0.25) is 9.59 Å². The number of aliphatic carboxylic acids is 1. The number of hydrogen-bond acceptors (Lipinski definition) is 3. The molecule has 0 heterocycles. The Morgan fingerprint density at radius 3 is 2.38 bits per heavy atom. The first kappa shape index (κ1) is 14.4. The molecular formula is C10H18N2O4. The minimum atomic E-state index is -1.25. The summed E-state index contributed by atoms with van der Waals surface area (Å²) in [5.41, 5.74) is 4.87. The first-order valence-corrected chi connectivity index (χ1v) is 5.27. The quantitative estimate of drug-likeness (QED) is 0.510. The molecule has 0 aliphatic carbocycles. The highest BCUT2D eigenvalue weighted by atomic mass is 16.4. The summed E-state index contributed by atoms with van der Waals surface area (Å²) in [4.78, 5) is 32.5. The number of carbonyl (C=O) groups is 3. The molecule has 0 saturated carbocycles. The predicted octanol–water partition coefficient (Wildman–Crippen LogP) is 0.0115. The third-order valence-electron chi connectivity index (χ3n) is 2.05. The van der Waals surface area contributed by atoms with E-state index in [1.54, 1.807) is 0 Å². The Kier molecular flexibility index (Phi) is 6.91. The van der Waals surface area contributed by atoms with Crippen LogP contribution < -0.4 is 11.1 Å². The second-order valence-corrected chi connectivity index (χ2v) is 3.59. The lowest BCUT2D eigenvalue weighted by atomic mass is 10.1. The SMILES string of the molecule is CCCCCC(=O)N[C@H](CC(N)=O)C(=O)O. The summed E-state index contributed by atoms with van der Waals surface area (Å²) in [6.07, 6.45) is 2.51. The van der Waals surface area contributed by atoms with Gasteiger partial charge in [0.25, 0.3) is 0 Å². The average Bonchev–Trinajstić information content (AvgIpc) is 2.16. The van der Waals surface area contributed by atoms with E-state index in [2.05, 4.69) is 5.32 Å².